The summed E-state index contributed by atoms with van der Waals surface area (Å²) in [6, 6.07) is 0. The Hall–Kier alpha value is -0.420. The van der Waals surface area contributed by atoms with Gasteiger partial charge in [-0.25, -0.2) is 12.7 Å². The maximum absolute atomic E-state index is 11.6. The summed E-state index contributed by atoms with van der Waals surface area (Å²) in [7, 11) is -1.86. The monoisotopic (exact) mass is 191 g/mol. The molecule has 0 N–H and O–H groups in total. The molecule has 0 aromatic carbocycles. The fourth-order valence-corrected chi connectivity index (χ4v) is 2.74. The molecule has 0 atom stereocenters. The van der Waals surface area contributed by atoms with E-state index in [1.807, 2.05) is 0 Å². The predicted molar refractivity (Wildman–Crippen MR) is 45.3 cm³/mol. The van der Waals surface area contributed by atoms with Crippen molar-refractivity contribution >= 4 is 16.3 Å². The van der Waals surface area contributed by atoms with E-state index in [2.05, 4.69) is 0 Å². The van der Waals surface area contributed by atoms with Crippen LogP contribution in [0.5, 0.6) is 0 Å². The Morgan fingerprint density at radius 2 is 2.00 bits per heavy atom. The molecule has 1 fully saturated rings. The van der Waals surface area contributed by atoms with Gasteiger partial charge in [0.1, 0.15) is 11.0 Å². The lowest BCUT2D eigenvalue weighted by atomic mass is 10.5. The fraction of sp³-hybridized carbons (Fsp3) is 0.857. The van der Waals surface area contributed by atoms with Crippen LogP contribution in [0.15, 0.2) is 0 Å². The highest BCUT2D eigenvalue weighted by Gasteiger charge is 2.56. The van der Waals surface area contributed by atoms with Crippen LogP contribution in [-0.2, 0) is 14.8 Å². The largest absolute Gasteiger partial charge is 0.302 e. The first-order valence-electron chi connectivity index (χ1n) is 3.92. The first-order valence-corrected chi connectivity index (χ1v) is 5.36. The molecular formula is C7H13NO3S. The zero-order valence-electron chi connectivity index (χ0n) is 7.28. The Kier molecular flexibility index (Phi) is 2.27. The van der Waals surface area contributed by atoms with Gasteiger partial charge in [-0.15, -0.1) is 0 Å². The van der Waals surface area contributed by atoms with Gasteiger partial charge < -0.3 is 4.79 Å². The Labute approximate surface area is 72.6 Å². The maximum Gasteiger partial charge on any atom is 0.226 e. The van der Waals surface area contributed by atoms with Gasteiger partial charge in [0.15, 0.2) is 0 Å². The highest BCUT2D eigenvalue weighted by Crippen LogP contribution is 2.42. The van der Waals surface area contributed by atoms with Gasteiger partial charge in [-0.05, 0) is 12.8 Å². The summed E-state index contributed by atoms with van der Waals surface area (Å²) in [5, 5.41) is 0. The van der Waals surface area contributed by atoms with E-state index >= 15 is 0 Å². The smallest absolute Gasteiger partial charge is 0.226 e. The van der Waals surface area contributed by atoms with Crippen LogP contribution in [0, 0.1) is 0 Å². The number of carbonyl (C=O) groups is 1. The molecule has 1 rings (SSSR count). The summed E-state index contributed by atoms with van der Waals surface area (Å²) < 4.78 is 23.3. The third-order valence-corrected chi connectivity index (χ3v) is 4.94. The summed E-state index contributed by atoms with van der Waals surface area (Å²) in [6.45, 7) is 2.16. The Morgan fingerprint density at radius 1 is 1.50 bits per heavy atom. The van der Waals surface area contributed by atoms with Crippen molar-refractivity contribution in [3.8, 4) is 0 Å². The minimum atomic E-state index is -3.36. The summed E-state index contributed by atoms with van der Waals surface area (Å²) >= 11 is 0. The SMILES string of the molecule is CCN(C)S(=O)(=O)C1(C=O)CC1. The minimum Gasteiger partial charge on any atom is -0.302 e. The van der Waals surface area contributed by atoms with Crippen molar-refractivity contribution in [3.63, 3.8) is 0 Å². The molecule has 0 spiro atoms. The van der Waals surface area contributed by atoms with Crippen LogP contribution < -0.4 is 0 Å². The lowest BCUT2D eigenvalue weighted by Crippen LogP contribution is -2.38. The van der Waals surface area contributed by atoms with Gasteiger partial charge in [0.25, 0.3) is 0 Å². The number of hydrogen-bond acceptors (Lipinski definition) is 3. The molecule has 0 aliphatic heterocycles. The number of rotatable bonds is 4. The molecule has 5 heteroatoms. The van der Waals surface area contributed by atoms with Crippen molar-refractivity contribution in [2.45, 2.75) is 24.5 Å². The first-order chi connectivity index (χ1) is 5.50. The number of aldehydes is 1. The van der Waals surface area contributed by atoms with E-state index in [1.165, 1.54) is 11.4 Å². The van der Waals surface area contributed by atoms with E-state index < -0.39 is 14.8 Å². The van der Waals surface area contributed by atoms with Gasteiger partial charge in [0.2, 0.25) is 10.0 Å². The second-order valence-corrected chi connectivity index (χ2v) is 5.49. The third kappa shape index (κ3) is 1.17. The molecule has 1 aliphatic rings. The van der Waals surface area contributed by atoms with Gasteiger partial charge in [0, 0.05) is 13.6 Å². The number of hydrogen-bond donors (Lipinski definition) is 0. The molecule has 0 bridgehead atoms. The van der Waals surface area contributed by atoms with E-state index in [0.29, 0.717) is 25.7 Å². The van der Waals surface area contributed by atoms with Gasteiger partial charge in [-0.3, -0.25) is 0 Å². The van der Waals surface area contributed by atoms with E-state index in [0.717, 1.165) is 0 Å². The molecule has 0 aromatic rings. The summed E-state index contributed by atoms with van der Waals surface area (Å²) in [4.78, 5) is 10.6. The van der Waals surface area contributed by atoms with Crippen LogP contribution in [0.4, 0.5) is 0 Å². The summed E-state index contributed by atoms with van der Waals surface area (Å²) in [5.41, 5.74) is 0. The average molecular weight is 191 g/mol. The normalized spacial score (nSPS) is 20.9. The molecule has 12 heavy (non-hydrogen) atoms. The zero-order valence-corrected chi connectivity index (χ0v) is 8.10. The van der Waals surface area contributed by atoms with Crippen LogP contribution in [0.25, 0.3) is 0 Å². The van der Waals surface area contributed by atoms with Gasteiger partial charge in [-0.2, -0.15) is 0 Å². The predicted octanol–water partition coefficient (Wildman–Crippen LogP) is -0.000600. The van der Waals surface area contributed by atoms with Crippen LogP contribution in [0.2, 0.25) is 0 Å². The topological polar surface area (TPSA) is 54.5 Å². The molecule has 4 nitrogen and oxygen atoms in total. The third-order valence-electron chi connectivity index (χ3n) is 2.33. The standard InChI is InChI=1S/C7H13NO3S/c1-3-8(2)12(10,11)7(6-9)4-5-7/h6H,3-5H2,1-2H3. The van der Waals surface area contributed by atoms with Crippen LogP contribution in [0.1, 0.15) is 19.8 Å². The molecule has 70 valence electrons. The van der Waals surface area contributed by atoms with Crippen molar-refractivity contribution in [1.29, 1.82) is 0 Å². The van der Waals surface area contributed by atoms with Crippen molar-refractivity contribution in [2.24, 2.45) is 0 Å². The highest BCUT2D eigenvalue weighted by atomic mass is 32.2. The number of sulfonamides is 1. The molecule has 0 aromatic heterocycles. The summed E-state index contributed by atoms with van der Waals surface area (Å²) in [5.74, 6) is 0. The minimum absolute atomic E-state index is 0.415. The van der Waals surface area contributed by atoms with Gasteiger partial charge >= 0.3 is 0 Å². The van der Waals surface area contributed by atoms with E-state index in [9.17, 15) is 13.2 Å². The highest BCUT2D eigenvalue weighted by molar-refractivity contribution is 7.91. The Morgan fingerprint density at radius 3 is 2.25 bits per heavy atom. The second kappa shape index (κ2) is 2.81. The quantitative estimate of drug-likeness (QED) is 0.588. The Balaban J connectivity index is 2.93. The lowest BCUT2D eigenvalue weighted by Gasteiger charge is -2.18. The van der Waals surface area contributed by atoms with Gasteiger partial charge in [-0.1, -0.05) is 6.92 Å². The summed E-state index contributed by atoms with van der Waals surface area (Å²) in [6.07, 6.45) is 1.51. The van der Waals surface area contributed by atoms with E-state index in [-0.39, 0.29) is 0 Å². The van der Waals surface area contributed by atoms with Crippen molar-refractivity contribution in [1.82, 2.24) is 4.31 Å². The molecule has 0 saturated heterocycles. The van der Waals surface area contributed by atoms with Crippen molar-refractivity contribution in [3.05, 3.63) is 0 Å². The lowest BCUT2D eigenvalue weighted by molar-refractivity contribution is -0.108. The first kappa shape index (κ1) is 9.67. The van der Waals surface area contributed by atoms with Crippen molar-refractivity contribution in [2.75, 3.05) is 13.6 Å². The Bertz CT molecular complexity index is 279. The molecule has 0 unspecified atom stereocenters. The fourth-order valence-electron chi connectivity index (χ4n) is 1.04. The van der Waals surface area contributed by atoms with Crippen LogP contribution in [0.3, 0.4) is 0 Å². The van der Waals surface area contributed by atoms with Gasteiger partial charge in [0.05, 0.1) is 0 Å². The molecule has 0 amide bonds. The average Bonchev–Trinajstić information content (AvgIpc) is 2.83. The molecule has 1 saturated carbocycles. The molecule has 1 aliphatic carbocycles. The van der Waals surface area contributed by atoms with Crippen molar-refractivity contribution < 1.29 is 13.2 Å². The van der Waals surface area contributed by atoms with Crippen LogP contribution >= 0.6 is 0 Å². The van der Waals surface area contributed by atoms with E-state index in [4.69, 9.17) is 0 Å². The second-order valence-electron chi connectivity index (χ2n) is 3.10. The number of carbonyl (C=O) groups excluding carboxylic acids is 1. The molecular weight excluding hydrogens is 178 g/mol. The van der Waals surface area contributed by atoms with Crippen LogP contribution in [-0.4, -0.2) is 37.3 Å². The molecule has 0 heterocycles. The zero-order chi connectivity index (χ0) is 9.41. The number of nitrogens with zero attached hydrogens (tertiary/aromatic N) is 1. The maximum atomic E-state index is 11.6. The van der Waals surface area contributed by atoms with E-state index in [1.54, 1.807) is 6.92 Å². The molecule has 0 radical (unpaired) electrons.